The monoisotopic (exact) mass is 232 g/mol. The van der Waals surface area contributed by atoms with Crippen LogP contribution in [0.15, 0.2) is 16.9 Å². The van der Waals surface area contributed by atoms with Gasteiger partial charge >= 0.3 is 0 Å². The standard InChI is InChI=1S/C14H20N2O/c1-13(2,3)10-11-9(7-15-8-16-11)17-12(10)14(4,5)6/h7-8H,1-6H3. The Bertz CT molecular complexity index is 541. The second kappa shape index (κ2) is 3.56. The van der Waals surface area contributed by atoms with E-state index in [0.717, 1.165) is 16.9 Å². The normalized spacial score (nSPS) is 13.3. The lowest BCUT2D eigenvalue weighted by Crippen LogP contribution is -2.20. The fourth-order valence-corrected chi connectivity index (χ4v) is 2.07. The number of hydrogen-bond acceptors (Lipinski definition) is 3. The van der Waals surface area contributed by atoms with Crippen molar-refractivity contribution in [2.24, 2.45) is 0 Å². The van der Waals surface area contributed by atoms with Gasteiger partial charge in [-0.1, -0.05) is 41.5 Å². The largest absolute Gasteiger partial charge is 0.457 e. The van der Waals surface area contributed by atoms with E-state index in [1.54, 1.807) is 12.5 Å². The highest BCUT2D eigenvalue weighted by atomic mass is 16.3. The van der Waals surface area contributed by atoms with E-state index >= 15 is 0 Å². The first-order valence-corrected chi connectivity index (χ1v) is 5.95. The molecule has 0 radical (unpaired) electrons. The van der Waals surface area contributed by atoms with Crippen LogP contribution in [0.25, 0.3) is 11.1 Å². The number of hydrogen-bond donors (Lipinski definition) is 0. The summed E-state index contributed by atoms with van der Waals surface area (Å²) in [6, 6.07) is 0. The molecule has 3 nitrogen and oxygen atoms in total. The zero-order valence-corrected chi connectivity index (χ0v) is 11.5. The molecule has 2 aromatic rings. The molecule has 17 heavy (non-hydrogen) atoms. The third-order valence-electron chi connectivity index (χ3n) is 2.79. The van der Waals surface area contributed by atoms with Crippen molar-refractivity contribution in [1.29, 1.82) is 0 Å². The van der Waals surface area contributed by atoms with Crippen LogP contribution in [0, 0.1) is 0 Å². The molecule has 0 aliphatic rings. The van der Waals surface area contributed by atoms with Crippen LogP contribution in [0.2, 0.25) is 0 Å². The van der Waals surface area contributed by atoms with E-state index < -0.39 is 0 Å². The summed E-state index contributed by atoms with van der Waals surface area (Å²) >= 11 is 0. The van der Waals surface area contributed by atoms with Gasteiger partial charge in [-0.2, -0.15) is 0 Å². The fraction of sp³-hybridized carbons (Fsp3) is 0.571. The van der Waals surface area contributed by atoms with Crippen molar-refractivity contribution in [3.05, 3.63) is 23.8 Å². The molecule has 0 atom stereocenters. The molecule has 0 aromatic carbocycles. The van der Waals surface area contributed by atoms with Crippen molar-refractivity contribution in [2.45, 2.75) is 52.4 Å². The molecule has 3 heteroatoms. The first-order valence-electron chi connectivity index (χ1n) is 5.95. The summed E-state index contributed by atoms with van der Waals surface area (Å²) < 4.78 is 5.97. The van der Waals surface area contributed by atoms with Crippen LogP contribution in [-0.2, 0) is 10.8 Å². The van der Waals surface area contributed by atoms with Crippen LogP contribution in [0.1, 0.15) is 52.9 Å². The summed E-state index contributed by atoms with van der Waals surface area (Å²) in [5.41, 5.74) is 2.91. The highest BCUT2D eigenvalue weighted by molar-refractivity contribution is 5.78. The maximum absolute atomic E-state index is 5.97. The third kappa shape index (κ3) is 2.06. The Labute approximate surface area is 102 Å². The molecule has 0 unspecified atom stereocenters. The van der Waals surface area contributed by atoms with Crippen LogP contribution in [-0.4, -0.2) is 9.97 Å². The summed E-state index contributed by atoms with van der Waals surface area (Å²) in [5.74, 6) is 1.01. The van der Waals surface area contributed by atoms with Crippen LogP contribution >= 0.6 is 0 Å². The van der Waals surface area contributed by atoms with Crippen LogP contribution in [0.5, 0.6) is 0 Å². The molecule has 0 saturated carbocycles. The molecule has 0 N–H and O–H groups in total. The first-order chi connectivity index (χ1) is 7.71. The second-order valence-corrected chi connectivity index (χ2v) is 6.54. The lowest BCUT2D eigenvalue weighted by Gasteiger charge is -2.24. The minimum atomic E-state index is -0.0245. The molecular weight excluding hydrogens is 212 g/mol. The molecule has 92 valence electrons. The van der Waals surface area contributed by atoms with Gasteiger partial charge < -0.3 is 4.42 Å². The Morgan fingerprint density at radius 1 is 1.00 bits per heavy atom. The molecule has 0 fully saturated rings. The van der Waals surface area contributed by atoms with Crippen LogP contribution in [0.4, 0.5) is 0 Å². The molecule has 2 aromatic heterocycles. The SMILES string of the molecule is CC(C)(C)c1oc2cncnc2c1C(C)(C)C. The Balaban J connectivity index is 2.84. The maximum atomic E-state index is 5.97. The lowest BCUT2D eigenvalue weighted by molar-refractivity contribution is 0.409. The predicted molar refractivity (Wildman–Crippen MR) is 69.2 cm³/mol. The van der Waals surface area contributed by atoms with Gasteiger partial charge in [-0.25, -0.2) is 9.97 Å². The van der Waals surface area contributed by atoms with Crippen LogP contribution in [0.3, 0.4) is 0 Å². The van der Waals surface area contributed by atoms with Gasteiger partial charge in [0.25, 0.3) is 0 Å². The number of rotatable bonds is 0. The number of fused-ring (bicyclic) bond motifs is 1. The summed E-state index contributed by atoms with van der Waals surface area (Å²) in [6.45, 7) is 13.0. The summed E-state index contributed by atoms with van der Waals surface area (Å²) in [4.78, 5) is 8.40. The minimum Gasteiger partial charge on any atom is -0.457 e. The summed E-state index contributed by atoms with van der Waals surface area (Å²) in [6.07, 6.45) is 3.33. The van der Waals surface area contributed by atoms with E-state index in [4.69, 9.17) is 4.42 Å². The fourth-order valence-electron chi connectivity index (χ4n) is 2.07. The lowest BCUT2D eigenvalue weighted by atomic mass is 9.79. The van der Waals surface area contributed by atoms with Crippen molar-refractivity contribution in [3.63, 3.8) is 0 Å². The van der Waals surface area contributed by atoms with E-state index in [9.17, 15) is 0 Å². The Hall–Kier alpha value is -1.38. The smallest absolute Gasteiger partial charge is 0.171 e. The zero-order chi connectivity index (χ0) is 12.8. The Morgan fingerprint density at radius 2 is 1.65 bits per heavy atom. The molecule has 0 aliphatic heterocycles. The van der Waals surface area contributed by atoms with Gasteiger partial charge in [0.2, 0.25) is 0 Å². The van der Waals surface area contributed by atoms with E-state index in [2.05, 4.69) is 51.5 Å². The van der Waals surface area contributed by atoms with E-state index in [-0.39, 0.29) is 10.8 Å². The number of aromatic nitrogens is 2. The van der Waals surface area contributed by atoms with Crippen molar-refractivity contribution < 1.29 is 4.42 Å². The summed E-state index contributed by atoms with van der Waals surface area (Å²) in [5, 5.41) is 0. The van der Waals surface area contributed by atoms with Gasteiger partial charge in [0, 0.05) is 11.0 Å². The molecule has 0 saturated heterocycles. The van der Waals surface area contributed by atoms with Gasteiger partial charge in [-0.05, 0) is 5.41 Å². The number of nitrogens with zero attached hydrogens (tertiary/aromatic N) is 2. The first kappa shape index (κ1) is 12.1. The van der Waals surface area contributed by atoms with E-state index in [1.165, 1.54) is 5.56 Å². The van der Waals surface area contributed by atoms with Crippen molar-refractivity contribution in [2.75, 3.05) is 0 Å². The topological polar surface area (TPSA) is 38.9 Å². The molecule has 0 amide bonds. The Kier molecular flexibility index (Phi) is 2.53. The highest BCUT2D eigenvalue weighted by Gasteiger charge is 2.32. The van der Waals surface area contributed by atoms with Crippen molar-refractivity contribution >= 4 is 11.1 Å². The third-order valence-corrected chi connectivity index (χ3v) is 2.79. The summed E-state index contributed by atoms with van der Waals surface area (Å²) in [7, 11) is 0. The minimum absolute atomic E-state index is 0.0161. The average Bonchev–Trinajstić information content (AvgIpc) is 2.54. The van der Waals surface area contributed by atoms with Gasteiger partial charge in [-0.15, -0.1) is 0 Å². The molecule has 0 spiro atoms. The highest BCUT2D eigenvalue weighted by Crippen LogP contribution is 2.39. The molecule has 0 bridgehead atoms. The maximum Gasteiger partial charge on any atom is 0.171 e. The molecule has 0 aliphatic carbocycles. The van der Waals surface area contributed by atoms with Crippen LogP contribution < -0.4 is 0 Å². The number of furan rings is 1. The quantitative estimate of drug-likeness (QED) is 0.693. The van der Waals surface area contributed by atoms with Gasteiger partial charge in [-0.3, -0.25) is 0 Å². The predicted octanol–water partition coefficient (Wildman–Crippen LogP) is 3.82. The van der Waals surface area contributed by atoms with E-state index in [0.29, 0.717) is 0 Å². The van der Waals surface area contributed by atoms with Crippen molar-refractivity contribution in [3.8, 4) is 0 Å². The molecule has 2 heterocycles. The second-order valence-electron chi connectivity index (χ2n) is 6.54. The molecule has 2 rings (SSSR count). The molecular formula is C14H20N2O. The Morgan fingerprint density at radius 3 is 2.18 bits per heavy atom. The van der Waals surface area contributed by atoms with Gasteiger partial charge in [0.15, 0.2) is 5.58 Å². The van der Waals surface area contributed by atoms with Crippen molar-refractivity contribution in [1.82, 2.24) is 9.97 Å². The average molecular weight is 232 g/mol. The van der Waals surface area contributed by atoms with E-state index in [1.807, 2.05) is 0 Å². The zero-order valence-electron chi connectivity index (χ0n) is 11.5. The van der Waals surface area contributed by atoms with Gasteiger partial charge in [0.1, 0.15) is 17.6 Å². The van der Waals surface area contributed by atoms with Gasteiger partial charge in [0.05, 0.1) is 6.20 Å².